The van der Waals surface area contributed by atoms with Gasteiger partial charge in [0.2, 0.25) is 0 Å². The van der Waals surface area contributed by atoms with Crippen LogP contribution >= 0.6 is 0 Å². The van der Waals surface area contributed by atoms with Crippen molar-refractivity contribution in [3.05, 3.63) is 78.9 Å². The standard InChI is InChI=1S/C21H24N4O2/c1-27-20-11-6-5-8-18(20)16-25(14-7-13-24-15-12-22-17-24)21(26)23-19-9-3-2-4-10-19/h2-6,8-12,15,17H,7,13-14,16H2,1H3,(H,23,26). The van der Waals surface area contributed by atoms with Crippen molar-refractivity contribution < 1.29 is 9.53 Å². The highest BCUT2D eigenvalue weighted by atomic mass is 16.5. The van der Waals surface area contributed by atoms with E-state index in [0.29, 0.717) is 13.1 Å². The molecule has 1 heterocycles. The summed E-state index contributed by atoms with van der Waals surface area (Å²) in [5, 5.41) is 2.97. The minimum Gasteiger partial charge on any atom is -0.496 e. The number of benzene rings is 2. The molecule has 2 aromatic carbocycles. The molecule has 3 aromatic rings. The smallest absolute Gasteiger partial charge is 0.322 e. The van der Waals surface area contributed by atoms with Crippen molar-refractivity contribution in [1.29, 1.82) is 0 Å². The maximum absolute atomic E-state index is 12.9. The Labute approximate surface area is 159 Å². The third kappa shape index (κ3) is 5.34. The predicted octanol–water partition coefficient (Wildman–Crippen LogP) is 4.02. The Kier molecular flexibility index (Phi) is 6.46. The first kappa shape index (κ1) is 18.5. The number of nitrogens with one attached hydrogen (secondary N) is 1. The zero-order chi connectivity index (χ0) is 18.9. The number of anilines is 1. The van der Waals surface area contributed by atoms with E-state index in [4.69, 9.17) is 4.74 Å². The SMILES string of the molecule is COc1ccccc1CN(CCCn1ccnc1)C(=O)Nc1ccccc1. The van der Waals surface area contributed by atoms with Gasteiger partial charge in [-0.05, 0) is 24.6 Å². The second-order valence-electron chi connectivity index (χ2n) is 6.18. The molecular formula is C21H24N4O2. The molecular weight excluding hydrogens is 340 g/mol. The quantitative estimate of drug-likeness (QED) is 0.657. The van der Waals surface area contributed by atoms with Crippen molar-refractivity contribution in [3.8, 4) is 5.75 Å². The summed E-state index contributed by atoms with van der Waals surface area (Å²) < 4.78 is 7.45. The van der Waals surface area contributed by atoms with Crippen LogP contribution in [-0.2, 0) is 13.1 Å². The van der Waals surface area contributed by atoms with Crippen molar-refractivity contribution >= 4 is 11.7 Å². The summed E-state index contributed by atoms with van der Waals surface area (Å²) in [5.41, 5.74) is 1.76. The molecule has 3 rings (SSSR count). The first-order valence-corrected chi connectivity index (χ1v) is 8.95. The average Bonchev–Trinajstić information content (AvgIpc) is 3.22. The molecule has 0 aliphatic heterocycles. The normalized spacial score (nSPS) is 10.4. The van der Waals surface area contributed by atoms with E-state index in [1.165, 1.54) is 0 Å². The summed E-state index contributed by atoms with van der Waals surface area (Å²) in [4.78, 5) is 18.7. The van der Waals surface area contributed by atoms with Gasteiger partial charge >= 0.3 is 6.03 Å². The van der Waals surface area contributed by atoms with Crippen LogP contribution in [0.1, 0.15) is 12.0 Å². The van der Waals surface area contributed by atoms with E-state index in [1.54, 1.807) is 19.6 Å². The number of rotatable bonds is 8. The molecule has 0 spiro atoms. The van der Waals surface area contributed by atoms with Crippen LogP contribution in [0.3, 0.4) is 0 Å². The molecule has 0 saturated carbocycles. The summed E-state index contributed by atoms with van der Waals surface area (Å²) >= 11 is 0. The van der Waals surface area contributed by atoms with Crippen LogP contribution in [0.25, 0.3) is 0 Å². The second-order valence-corrected chi connectivity index (χ2v) is 6.18. The minimum atomic E-state index is -0.127. The highest BCUT2D eigenvalue weighted by Gasteiger charge is 2.16. The summed E-state index contributed by atoms with van der Waals surface area (Å²) in [7, 11) is 1.65. The fourth-order valence-corrected chi connectivity index (χ4v) is 2.88. The number of ether oxygens (including phenoxy) is 1. The Bertz CT molecular complexity index is 834. The van der Waals surface area contributed by atoms with Crippen molar-refractivity contribution in [2.24, 2.45) is 0 Å². The molecule has 0 bridgehead atoms. The molecule has 0 atom stereocenters. The number of nitrogens with zero attached hydrogens (tertiary/aromatic N) is 3. The molecule has 0 saturated heterocycles. The van der Waals surface area contributed by atoms with E-state index < -0.39 is 0 Å². The summed E-state index contributed by atoms with van der Waals surface area (Å²) in [6.45, 7) is 1.91. The lowest BCUT2D eigenvalue weighted by molar-refractivity contribution is 0.206. The number of methoxy groups -OCH3 is 1. The number of aromatic nitrogens is 2. The van der Waals surface area contributed by atoms with Crippen LogP contribution in [-0.4, -0.2) is 34.1 Å². The van der Waals surface area contributed by atoms with Crippen LogP contribution < -0.4 is 10.1 Å². The molecule has 140 valence electrons. The van der Waals surface area contributed by atoms with Crippen LogP contribution in [0.4, 0.5) is 10.5 Å². The molecule has 27 heavy (non-hydrogen) atoms. The fourth-order valence-electron chi connectivity index (χ4n) is 2.88. The van der Waals surface area contributed by atoms with Crippen LogP contribution in [0.5, 0.6) is 5.75 Å². The van der Waals surface area contributed by atoms with E-state index in [9.17, 15) is 4.79 Å². The van der Waals surface area contributed by atoms with Crippen molar-refractivity contribution in [2.45, 2.75) is 19.5 Å². The van der Waals surface area contributed by atoms with Crippen LogP contribution in [0, 0.1) is 0 Å². The van der Waals surface area contributed by atoms with Crippen molar-refractivity contribution in [3.63, 3.8) is 0 Å². The number of urea groups is 1. The van der Waals surface area contributed by atoms with Gasteiger partial charge in [0, 0.05) is 36.7 Å². The molecule has 0 aliphatic rings. The van der Waals surface area contributed by atoms with Gasteiger partial charge in [0.15, 0.2) is 0 Å². The van der Waals surface area contributed by atoms with Gasteiger partial charge in [0.05, 0.1) is 20.0 Å². The molecule has 0 fully saturated rings. The van der Waals surface area contributed by atoms with Gasteiger partial charge in [-0.2, -0.15) is 0 Å². The Balaban J connectivity index is 1.69. The van der Waals surface area contributed by atoms with Gasteiger partial charge in [-0.3, -0.25) is 0 Å². The van der Waals surface area contributed by atoms with E-state index in [0.717, 1.165) is 30.0 Å². The molecule has 6 heteroatoms. The topological polar surface area (TPSA) is 59.4 Å². The average molecular weight is 364 g/mol. The third-order valence-electron chi connectivity index (χ3n) is 4.27. The highest BCUT2D eigenvalue weighted by Crippen LogP contribution is 2.20. The maximum atomic E-state index is 12.9. The molecule has 0 unspecified atom stereocenters. The largest absolute Gasteiger partial charge is 0.496 e. The number of imidazole rings is 1. The predicted molar refractivity (Wildman–Crippen MR) is 106 cm³/mol. The van der Waals surface area contributed by atoms with Gasteiger partial charge in [0.25, 0.3) is 0 Å². The lowest BCUT2D eigenvalue weighted by Gasteiger charge is -2.24. The van der Waals surface area contributed by atoms with E-state index in [2.05, 4.69) is 10.3 Å². The number of amides is 2. The summed E-state index contributed by atoms with van der Waals surface area (Å²) in [6.07, 6.45) is 6.30. The first-order chi connectivity index (χ1) is 13.3. The third-order valence-corrected chi connectivity index (χ3v) is 4.27. The number of carbonyl (C=O) groups excluding carboxylic acids is 1. The number of para-hydroxylation sites is 2. The Hall–Kier alpha value is -3.28. The zero-order valence-electron chi connectivity index (χ0n) is 15.4. The summed E-state index contributed by atoms with van der Waals surface area (Å²) in [6, 6.07) is 17.1. The lowest BCUT2D eigenvalue weighted by Crippen LogP contribution is -2.35. The fraction of sp³-hybridized carbons (Fsp3) is 0.238. The van der Waals surface area contributed by atoms with Crippen LogP contribution in [0.15, 0.2) is 73.3 Å². The van der Waals surface area contributed by atoms with Gasteiger partial charge < -0.3 is 19.5 Å². The van der Waals surface area contributed by atoms with Gasteiger partial charge in [0.1, 0.15) is 5.75 Å². The number of aryl methyl sites for hydroxylation is 1. The molecule has 0 radical (unpaired) electrons. The monoisotopic (exact) mass is 364 g/mol. The molecule has 6 nitrogen and oxygen atoms in total. The Morgan fingerprint density at radius 3 is 2.67 bits per heavy atom. The van der Waals surface area contributed by atoms with Gasteiger partial charge in [-0.25, -0.2) is 9.78 Å². The molecule has 2 amide bonds. The van der Waals surface area contributed by atoms with E-state index >= 15 is 0 Å². The number of hydrogen-bond acceptors (Lipinski definition) is 3. The van der Waals surface area contributed by atoms with E-state index in [1.807, 2.05) is 70.3 Å². The van der Waals surface area contributed by atoms with Crippen molar-refractivity contribution in [2.75, 3.05) is 19.0 Å². The lowest BCUT2D eigenvalue weighted by atomic mass is 10.2. The van der Waals surface area contributed by atoms with Crippen molar-refractivity contribution in [1.82, 2.24) is 14.5 Å². The zero-order valence-corrected chi connectivity index (χ0v) is 15.4. The molecule has 0 aliphatic carbocycles. The molecule has 1 aromatic heterocycles. The Morgan fingerprint density at radius 2 is 1.93 bits per heavy atom. The highest BCUT2D eigenvalue weighted by molar-refractivity contribution is 5.89. The summed E-state index contributed by atoms with van der Waals surface area (Å²) in [5.74, 6) is 0.782. The van der Waals surface area contributed by atoms with Crippen LogP contribution in [0.2, 0.25) is 0 Å². The second kappa shape index (κ2) is 9.43. The van der Waals surface area contributed by atoms with E-state index in [-0.39, 0.29) is 6.03 Å². The maximum Gasteiger partial charge on any atom is 0.322 e. The minimum absolute atomic E-state index is 0.127. The molecule has 1 N–H and O–H groups in total. The number of hydrogen-bond donors (Lipinski definition) is 1. The van der Waals surface area contributed by atoms with Gasteiger partial charge in [-0.1, -0.05) is 36.4 Å². The van der Waals surface area contributed by atoms with Gasteiger partial charge in [-0.15, -0.1) is 0 Å². The number of carbonyl (C=O) groups is 1. The first-order valence-electron chi connectivity index (χ1n) is 8.95. The Morgan fingerprint density at radius 1 is 1.15 bits per heavy atom.